The van der Waals surface area contributed by atoms with Gasteiger partial charge in [0.1, 0.15) is 23.0 Å². The predicted octanol–water partition coefficient (Wildman–Crippen LogP) is 5.48. The Morgan fingerprint density at radius 1 is 1.03 bits per heavy atom. The number of primary amides is 2. The first-order valence-electron chi connectivity index (χ1n) is 12.3. The lowest BCUT2D eigenvalue weighted by Crippen LogP contribution is -2.33. The van der Waals surface area contributed by atoms with Crippen LogP contribution in [-0.2, 0) is 0 Å². The number of nitrogens with zero attached hydrogens (tertiary/aromatic N) is 4. The second-order valence-electron chi connectivity index (χ2n) is 9.29. The van der Waals surface area contributed by atoms with Crippen LogP contribution < -0.4 is 21.1 Å². The molecule has 0 aliphatic heterocycles. The number of ether oxygens (including phenoxy) is 1. The monoisotopic (exact) mass is 514 g/mol. The van der Waals surface area contributed by atoms with E-state index in [2.05, 4.69) is 4.98 Å². The van der Waals surface area contributed by atoms with Gasteiger partial charge in [0, 0.05) is 30.3 Å². The van der Waals surface area contributed by atoms with Crippen LogP contribution in [-0.4, -0.2) is 26.7 Å². The Hall–Kier alpha value is -4.73. The van der Waals surface area contributed by atoms with Crippen molar-refractivity contribution < 1.29 is 18.7 Å². The standard InChI is InChI=1S/C28H27FN6O3/c1-17-5-4-8-19(13-17)35-26(16-23(33-35)18-6-2-3-7-18)34(28(31)37)25-10-9-20(14-22(25)29)38-21-11-12-32-24(15-21)27(30)36/h4-5,8-16,18H,2-3,6-7H2,1H3,(H2,30,36)(H2,31,37). The molecule has 1 fully saturated rings. The summed E-state index contributed by atoms with van der Waals surface area (Å²) in [7, 11) is 0. The lowest BCUT2D eigenvalue weighted by Gasteiger charge is -2.22. The number of rotatable bonds is 7. The number of anilines is 2. The summed E-state index contributed by atoms with van der Waals surface area (Å²) in [6.45, 7) is 1.96. The molecule has 2 heterocycles. The molecule has 38 heavy (non-hydrogen) atoms. The highest BCUT2D eigenvalue weighted by atomic mass is 19.1. The van der Waals surface area contributed by atoms with Crippen LogP contribution in [0.15, 0.2) is 66.9 Å². The van der Waals surface area contributed by atoms with Crippen molar-refractivity contribution in [3.05, 3.63) is 89.6 Å². The lowest BCUT2D eigenvalue weighted by atomic mass is 10.0. The van der Waals surface area contributed by atoms with Gasteiger partial charge < -0.3 is 16.2 Å². The summed E-state index contributed by atoms with van der Waals surface area (Å²) in [5.41, 5.74) is 13.6. The van der Waals surface area contributed by atoms with Crippen molar-refractivity contribution in [1.82, 2.24) is 14.8 Å². The van der Waals surface area contributed by atoms with Gasteiger partial charge in [-0.25, -0.2) is 18.8 Å². The summed E-state index contributed by atoms with van der Waals surface area (Å²) >= 11 is 0. The van der Waals surface area contributed by atoms with E-state index in [0.717, 1.165) is 53.6 Å². The van der Waals surface area contributed by atoms with Crippen LogP contribution in [0, 0.1) is 12.7 Å². The summed E-state index contributed by atoms with van der Waals surface area (Å²) < 4.78 is 22.8. The molecule has 0 saturated heterocycles. The van der Waals surface area contributed by atoms with E-state index in [1.807, 2.05) is 37.3 Å². The SMILES string of the molecule is Cc1cccc(-n2nc(C3CCCC3)cc2N(C(N)=O)c2ccc(Oc3ccnc(C(N)=O)c3)cc2F)c1. The minimum absolute atomic E-state index is 0.0157. The van der Waals surface area contributed by atoms with Crippen molar-refractivity contribution in [2.45, 2.75) is 38.5 Å². The third kappa shape index (κ3) is 5.06. The summed E-state index contributed by atoms with van der Waals surface area (Å²) in [4.78, 5) is 29.1. The molecule has 1 saturated carbocycles. The van der Waals surface area contributed by atoms with E-state index in [4.69, 9.17) is 21.3 Å². The minimum atomic E-state index is -0.857. The van der Waals surface area contributed by atoms with Gasteiger partial charge in [-0.2, -0.15) is 5.10 Å². The van der Waals surface area contributed by atoms with E-state index in [9.17, 15) is 9.59 Å². The molecule has 1 aliphatic carbocycles. The van der Waals surface area contributed by atoms with E-state index >= 15 is 4.39 Å². The number of aryl methyl sites for hydroxylation is 1. The van der Waals surface area contributed by atoms with Gasteiger partial charge in [-0.1, -0.05) is 25.0 Å². The number of hydrogen-bond donors (Lipinski definition) is 2. The number of carbonyl (C=O) groups is 2. The van der Waals surface area contributed by atoms with Gasteiger partial charge in [-0.05, 0) is 55.7 Å². The number of hydrogen-bond acceptors (Lipinski definition) is 5. The molecule has 0 unspecified atom stereocenters. The molecule has 194 valence electrons. The highest BCUT2D eigenvalue weighted by Crippen LogP contribution is 2.38. The molecule has 2 aromatic heterocycles. The molecule has 3 amide bonds. The fraction of sp³-hybridized carbons (Fsp3) is 0.214. The van der Waals surface area contributed by atoms with Crippen molar-refractivity contribution in [2.75, 3.05) is 4.90 Å². The van der Waals surface area contributed by atoms with Crippen molar-refractivity contribution in [3.8, 4) is 17.2 Å². The van der Waals surface area contributed by atoms with Crippen molar-refractivity contribution in [3.63, 3.8) is 0 Å². The minimum Gasteiger partial charge on any atom is -0.457 e. The zero-order valence-electron chi connectivity index (χ0n) is 20.8. The van der Waals surface area contributed by atoms with Gasteiger partial charge in [0.15, 0.2) is 5.82 Å². The summed E-state index contributed by atoms with van der Waals surface area (Å²) in [6, 6.07) is 15.6. The van der Waals surface area contributed by atoms with E-state index in [1.54, 1.807) is 4.68 Å². The molecule has 0 bridgehead atoms. The van der Waals surface area contributed by atoms with Crippen LogP contribution in [0.5, 0.6) is 11.5 Å². The van der Waals surface area contributed by atoms with Crippen molar-refractivity contribution in [2.24, 2.45) is 11.5 Å². The molecule has 1 aliphatic rings. The molecule has 0 radical (unpaired) electrons. The van der Waals surface area contributed by atoms with E-state index in [1.165, 1.54) is 30.5 Å². The first-order chi connectivity index (χ1) is 18.3. The van der Waals surface area contributed by atoms with E-state index in [0.29, 0.717) is 5.82 Å². The quantitative estimate of drug-likeness (QED) is 0.337. The molecular weight excluding hydrogens is 487 g/mol. The zero-order chi connectivity index (χ0) is 26.8. The fourth-order valence-electron chi connectivity index (χ4n) is 4.75. The summed E-state index contributed by atoms with van der Waals surface area (Å²) in [5.74, 6) is -0.428. The molecule has 2 aromatic carbocycles. The second-order valence-corrected chi connectivity index (χ2v) is 9.29. The number of carbonyl (C=O) groups excluding carboxylic acids is 2. The molecule has 5 rings (SSSR count). The van der Waals surface area contributed by atoms with Crippen LogP contribution in [0.4, 0.5) is 20.7 Å². The van der Waals surface area contributed by atoms with Crippen LogP contribution in [0.2, 0.25) is 0 Å². The Morgan fingerprint density at radius 3 is 2.47 bits per heavy atom. The number of pyridine rings is 1. The highest BCUT2D eigenvalue weighted by molar-refractivity contribution is 5.98. The molecule has 4 N–H and O–H groups in total. The highest BCUT2D eigenvalue weighted by Gasteiger charge is 2.28. The number of amides is 3. The van der Waals surface area contributed by atoms with Gasteiger partial charge in [0.25, 0.3) is 5.91 Å². The smallest absolute Gasteiger partial charge is 0.325 e. The molecule has 10 heteroatoms. The summed E-state index contributed by atoms with van der Waals surface area (Å²) in [5, 5.41) is 4.83. The maximum Gasteiger partial charge on any atom is 0.325 e. The molecule has 0 atom stereocenters. The van der Waals surface area contributed by atoms with Gasteiger partial charge >= 0.3 is 6.03 Å². The summed E-state index contributed by atoms with van der Waals surface area (Å²) in [6.07, 6.45) is 5.61. The van der Waals surface area contributed by atoms with Crippen LogP contribution in [0.3, 0.4) is 0 Å². The Kier molecular flexibility index (Phi) is 6.78. The largest absolute Gasteiger partial charge is 0.457 e. The van der Waals surface area contributed by atoms with Crippen molar-refractivity contribution in [1.29, 1.82) is 0 Å². The topological polar surface area (TPSA) is 129 Å². The lowest BCUT2D eigenvalue weighted by molar-refractivity contribution is 0.0995. The molecule has 0 spiro atoms. The van der Waals surface area contributed by atoms with Gasteiger partial charge in [-0.3, -0.25) is 9.78 Å². The number of halogens is 1. The maximum absolute atomic E-state index is 15.5. The van der Waals surface area contributed by atoms with Crippen molar-refractivity contribution >= 4 is 23.4 Å². The van der Waals surface area contributed by atoms with Gasteiger partial charge in [0.05, 0.1) is 17.1 Å². The number of urea groups is 1. The van der Waals surface area contributed by atoms with E-state index < -0.39 is 17.8 Å². The first kappa shape index (κ1) is 24.9. The third-order valence-electron chi connectivity index (χ3n) is 6.56. The molecule has 4 aromatic rings. The molecular formula is C28H27FN6O3. The predicted molar refractivity (Wildman–Crippen MR) is 140 cm³/mol. The third-order valence-corrected chi connectivity index (χ3v) is 6.56. The zero-order valence-corrected chi connectivity index (χ0v) is 20.8. The fourth-order valence-corrected chi connectivity index (χ4v) is 4.75. The van der Waals surface area contributed by atoms with Crippen LogP contribution in [0.1, 0.15) is 53.3 Å². The second kappa shape index (κ2) is 10.3. The van der Waals surface area contributed by atoms with Gasteiger partial charge in [0.2, 0.25) is 0 Å². The Labute approximate surface area is 218 Å². The van der Waals surface area contributed by atoms with E-state index in [-0.39, 0.29) is 28.8 Å². The van der Waals surface area contributed by atoms with Crippen LogP contribution >= 0.6 is 0 Å². The average Bonchev–Trinajstić information content (AvgIpc) is 3.56. The first-order valence-corrected chi connectivity index (χ1v) is 12.3. The number of nitrogens with two attached hydrogens (primary N) is 2. The number of aromatic nitrogens is 3. The average molecular weight is 515 g/mol. The Balaban J connectivity index is 1.54. The maximum atomic E-state index is 15.5. The van der Waals surface area contributed by atoms with Crippen LogP contribution in [0.25, 0.3) is 5.69 Å². The molecule has 9 nitrogen and oxygen atoms in total. The normalized spacial score (nSPS) is 13.4. The Morgan fingerprint density at radius 2 is 1.79 bits per heavy atom. The Bertz CT molecular complexity index is 1510. The van der Waals surface area contributed by atoms with Gasteiger partial charge in [-0.15, -0.1) is 0 Å². The number of benzene rings is 2.